The molecule has 0 aromatic carbocycles. The molecule has 0 aromatic heterocycles. The molecule has 2 atom stereocenters. The van der Waals surface area contributed by atoms with Gasteiger partial charge in [0, 0.05) is 40.4 Å². The van der Waals surface area contributed by atoms with E-state index in [9.17, 15) is 0 Å². The third-order valence-corrected chi connectivity index (χ3v) is 8.23. The van der Waals surface area contributed by atoms with E-state index in [1.54, 1.807) is 0 Å². The quantitative estimate of drug-likeness (QED) is 0.326. The topological polar surface area (TPSA) is 55.0 Å². The van der Waals surface area contributed by atoms with Gasteiger partial charge in [-0.3, -0.25) is 0 Å². The van der Waals surface area contributed by atoms with Crippen LogP contribution in [0.1, 0.15) is 115 Å². The van der Waals surface area contributed by atoms with Gasteiger partial charge in [0.1, 0.15) is 12.2 Å². The maximum Gasteiger partial charge on any atom is 0.185 e. The van der Waals surface area contributed by atoms with Crippen LogP contribution < -0.4 is 10.6 Å². The molecule has 0 amide bonds. The van der Waals surface area contributed by atoms with E-state index in [4.69, 9.17) is 26.4 Å². The highest BCUT2D eigenvalue weighted by molar-refractivity contribution is 7.80. The molecule has 0 aromatic rings. The van der Waals surface area contributed by atoms with Crippen molar-refractivity contribution in [1.29, 1.82) is 0 Å². The number of nitrogens with one attached hydrogen (secondary N) is 2. The van der Waals surface area contributed by atoms with Gasteiger partial charge in [0.15, 0.2) is 11.3 Å². The Morgan fingerprint density at radius 2 is 1.21 bits per heavy atom. The fourth-order valence-electron chi connectivity index (χ4n) is 7.20. The first-order chi connectivity index (χ1) is 15.1. The number of hydrogen-bond acceptors (Lipinski definition) is 6. The zero-order chi connectivity index (χ0) is 26.0. The Hall–Kier alpha value is -0.270. The zero-order valence-electron chi connectivity index (χ0n) is 24.0. The van der Waals surface area contributed by atoms with Gasteiger partial charge >= 0.3 is 0 Å². The van der Waals surface area contributed by atoms with Gasteiger partial charge in [-0.1, -0.05) is 27.7 Å². The van der Waals surface area contributed by atoms with Crippen molar-refractivity contribution in [3.63, 3.8) is 0 Å². The van der Waals surface area contributed by atoms with Crippen molar-refractivity contribution in [3.05, 3.63) is 0 Å². The molecule has 3 heterocycles. The average Bonchev–Trinajstić information content (AvgIpc) is 3.27. The molecular formula is C28H52N2O3S. The Labute approximate surface area is 214 Å². The summed E-state index contributed by atoms with van der Waals surface area (Å²) in [7, 11) is 0. The van der Waals surface area contributed by atoms with Gasteiger partial charge in [-0.15, -0.1) is 0 Å². The minimum Gasteiger partial charge on any atom is -0.483 e. The minimum atomic E-state index is -0.229. The summed E-state index contributed by atoms with van der Waals surface area (Å²) in [5, 5.41) is 8.18. The third kappa shape index (κ3) is 7.38. The molecule has 0 spiro atoms. The second-order valence-electron chi connectivity index (χ2n) is 15.4. The van der Waals surface area contributed by atoms with E-state index in [0.29, 0.717) is 0 Å². The second-order valence-corrected chi connectivity index (χ2v) is 15.7. The van der Waals surface area contributed by atoms with Crippen molar-refractivity contribution >= 4 is 17.3 Å². The van der Waals surface area contributed by atoms with Crippen molar-refractivity contribution in [1.82, 2.24) is 10.6 Å². The number of piperidine rings is 2. The van der Waals surface area contributed by atoms with Crippen LogP contribution in [-0.4, -0.2) is 51.8 Å². The number of ether oxygens (including phenoxy) is 3. The summed E-state index contributed by atoms with van der Waals surface area (Å²) in [6, 6.07) is 0. The van der Waals surface area contributed by atoms with E-state index < -0.39 is 0 Å². The SMILES string of the molecule is CC1(C)CC(OC(=S)C(C)(C)CC(C)(C)C2OC2OC2CC(C)(C)NC(C)(C)C2)CC(C)(C)N1. The molecule has 0 saturated carbocycles. The molecule has 198 valence electrons. The molecule has 2 N–H and O–H groups in total. The summed E-state index contributed by atoms with van der Waals surface area (Å²) in [4.78, 5) is 0. The van der Waals surface area contributed by atoms with E-state index in [2.05, 4.69) is 93.7 Å². The lowest BCUT2D eigenvalue weighted by Crippen LogP contribution is -2.60. The Morgan fingerprint density at radius 1 is 0.794 bits per heavy atom. The summed E-state index contributed by atoms with van der Waals surface area (Å²) >= 11 is 5.88. The maximum absolute atomic E-state index is 6.48. The standard InChI is InChI=1S/C28H52N2O3S/c1-23(2,20-21(33-20)31-18-13-25(5,6)29-26(7,8)14-18)17-24(3,4)22(34)32-19-15-27(9,10)30-28(11,12)16-19/h18-21,29-30H,13-17H2,1-12H3. The zero-order valence-corrected chi connectivity index (χ0v) is 24.8. The minimum absolute atomic E-state index is 0.0373. The lowest BCUT2D eigenvalue weighted by atomic mass is 9.73. The predicted octanol–water partition coefficient (Wildman–Crippen LogP) is 6.13. The highest BCUT2D eigenvalue weighted by Gasteiger charge is 2.54. The molecule has 3 aliphatic rings. The highest BCUT2D eigenvalue weighted by atomic mass is 32.1. The van der Waals surface area contributed by atoms with Crippen LogP contribution in [-0.2, 0) is 14.2 Å². The molecule has 0 bridgehead atoms. The Kier molecular flexibility index (Phi) is 7.44. The maximum atomic E-state index is 6.48. The van der Waals surface area contributed by atoms with Crippen molar-refractivity contribution < 1.29 is 14.2 Å². The Bertz CT molecular complexity index is 740. The number of thiocarbonyl (C=S) groups is 1. The van der Waals surface area contributed by atoms with Crippen molar-refractivity contribution in [2.75, 3.05) is 0 Å². The largest absolute Gasteiger partial charge is 0.483 e. The molecule has 2 unspecified atom stereocenters. The van der Waals surface area contributed by atoms with Crippen LogP contribution >= 0.6 is 12.2 Å². The normalized spacial score (nSPS) is 31.2. The summed E-state index contributed by atoms with van der Waals surface area (Å²) in [5.74, 6) is 0. The molecule has 0 radical (unpaired) electrons. The fraction of sp³-hybridized carbons (Fsp3) is 0.964. The number of rotatable bonds is 7. The molecule has 6 heteroatoms. The van der Waals surface area contributed by atoms with Gasteiger partial charge in [-0.05, 0) is 92.3 Å². The molecule has 34 heavy (non-hydrogen) atoms. The monoisotopic (exact) mass is 496 g/mol. The van der Waals surface area contributed by atoms with E-state index in [1.165, 1.54) is 0 Å². The first kappa shape index (κ1) is 28.3. The van der Waals surface area contributed by atoms with Crippen LogP contribution in [0.3, 0.4) is 0 Å². The van der Waals surface area contributed by atoms with Gasteiger partial charge in [-0.25, -0.2) is 0 Å². The molecule has 5 nitrogen and oxygen atoms in total. The molecule has 3 aliphatic heterocycles. The Morgan fingerprint density at radius 3 is 1.65 bits per heavy atom. The number of epoxide rings is 1. The van der Waals surface area contributed by atoms with Crippen LogP contribution in [0.25, 0.3) is 0 Å². The highest BCUT2D eigenvalue weighted by Crippen LogP contribution is 2.48. The summed E-state index contributed by atoms with van der Waals surface area (Å²) in [5.41, 5.74) is -0.0874. The van der Waals surface area contributed by atoms with Crippen molar-refractivity contribution in [2.24, 2.45) is 10.8 Å². The summed E-state index contributed by atoms with van der Waals surface area (Å²) in [6.45, 7) is 27.0. The summed E-state index contributed by atoms with van der Waals surface area (Å²) in [6.07, 6.45) is 5.12. The predicted molar refractivity (Wildman–Crippen MR) is 144 cm³/mol. The van der Waals surface area contributed by atoms with E-state index >= 15 is 0 Å². The fourth-order valence-corrected chi connectivity index (χ4v) is 7.41. The first-order valence-electron chi connectivity index (χ1n) is 13.2. The van der Waals surface area contributed by atoms with Crippen LogP contribution in [0.5, 0.6) is 0 Å². The van der Waals surface area contributed by atoms with Crippen molar-refractivity contribution in [2.45, 2.75) is 162 Å². The van der Waals surface area contributed by atoms with Gasteiger partial charge in [0.25, 0.3) is 0 Å². The van der Waals surface area contributed by atoms with E-state index in [0.717, 1.165) is 37.2 Å². The smallest absolute Gasteiger partial charge is 0.185 e. The van der Waals surface area contributed by atoms with E-state index in [-0.39, 0.29) is 57.6 Å². The summed E-state index contributed by atoms with van der Waals surface area (Å²) < 4.78 is 19.1. The lowest BCUT2D eigenvalue weighted by Gasteiger charge is -2.47. The second kappa shape index (κ2) is 8.93. The molecule has 3 fully saturated rings. The van der Waals surface area contributed by atoms with Crippen LogP contribution in [0.2, 0.25) is 0 Å². The van der Waals surface area contributed by atoms with Gasteiger partial charge < -0.3 is 24.8 Å². The third-order valence-electron chi connectivity index (χ3n) is 7.58. The lowest BCUT2D eigenvalue weighted by molar-refractivity contribution is -0.0622. The van der Waals surface area contributed by atoms with Gasteiger partial charge in [0.2, 0.25) is 0 Å². The molecular weight excluding hydrogens is 444 g/mol. The average molecular weight is 497 g/mol. The molecule has 0 aliphatic carbocycles. The molecule has 3 saturated heterocycles. The van der Waals surface area contributed by atoms with Gasteiger partial charge in [-0.2, -0.15) is 0 Å². The van der Waals surface area contributed by atoms with E-state index in [1.807, 2.05) is 0 Å². The van der Waals surface area contributed by atoms with Crippen LogP contribution in [0, 0.1) is 10.8 Å². The van der Waals surface area contributed by atoms with Gasteiger partial charge in [0.05, 0.1) is 6.10 Å². The Balaban J connectivity index is 1.56. The molecule has 3 rings (SSSR count). The number of hydrogen-bond donors (Lipinski definition) is 2. The van der Waals surface area contributed by atoms with Crippen LogP contribution in [0.15, 0.2) is 0 Å². The van der Waals surface area contributed by atoms with Crippen LogP contribution in [0.4, 0.5) is 0 Å². The first-order valence-corrected chi connectivity index (χ1v) is 13.6. The van der Waals surface area contributed by atoms with Crippen molar-refractivity contribution in [3.8, 4) is 0 Å².